The maximum Gasteiger partial charge on any atom is 0.208 e. The van der Waals surface area contributed by atoms with Crippen molar-refractivity contribution in [2.75, 3.05) is 0 Å². The van der Waals surface area contributed by atoms with Crippen LogP contribution >= 0.6 is 0 Å². The number of hydrogen-bond donors (Lipinski definition) is 0. The van der Waals surface area contributed by atoms with E-state index >= 15 is 0 Å². The maximum absolute atomic E-state index is 11.4. The highest BCUT2D eigenvalue weighted by molar-refractivity contribution is 6.41. The largest absolute Gasteiger partial charge is 0.299 e. The Labute approximate surface area is 77.5 Å². The highest BCUT2D eigenvalue weighted by Gasteiger charge is 2.31. The van der Waals surface area contributed by atoms with Gasteiger partial charge in [0.1, 0.15) is 5.78 Å². The molecule has 1 atom stereocenters. The molecule has 0 bridgehead atoms. The van der Waals surface area contributed by atoms with Crippen molar-refractivity contribution in [1.29, 1.82) is 0 Å². The predicted octanol–water partition coefficient (Wildman–Crippen LogP) is 1.29. The molecule has 1 unspecified atom stereocenters. The Hall–Kier alpha value is -0.990. The Morgan fingerprint density at radius 2 is 2.08 bits per heavy atom. The van der Waals surface area contributed by atoms with Crippen molar-refractivity contribution >= 4 is 17.3 Å². The van der Waals surface area contributed by atoms with Gasteiger partial charge in [0.15, 0.2) is 5.78 Å². The first-order valence-electron chi connectivity index (χ1n) is 4.76. The lowest BCUT2D eigenvalue weighted by Gasteiger charge is -2.17. The van der Waals surface area contributed by atoms with Crippen LogP contribution in [0.25, 0.3) is 0 Å². The molecule has 1 aliphatic rings. The molecule has 0 saturated heterocycles. The molecule has 1 saturated carbocycles. The van der Waals surface area contributed by atoms with Crippen LogP contribution in [0.3, 0.4) is 0 Å². The lowest BCUT2D eigenvalue weighted by atomic mass is 9.83. The average Bonchev–Trinajstić information content (AvgIpc) is 2.16. The third-order valence-electron chi connectivity index (χ3n) is 2.47. The highest BCUT2D eigenvalue weighted by atomic mass is 16.2. The summed E-state index contributed by atoms with van der Waals surface area (Å²) in [6.07, 6.45) is 3.00. The van der Waals surface area contributed by atoms with Crippen LogP contribution in [0, 0.1) is 5.92 Å². The van der Waals surface area contributed by atoms with E-state index in [1.165, 1.54) is 0 Å². The molecular formula is C10H14O3. The van der Waals surface area contributed by atoms with Gasteiger partial charge in [-0.2, -0.15) is 0 Å². The molecule has 1 rings (SSSR count). The SMILES string of the molecule is CCC(=O)C(=O)C1CCCCC1=O. The minimum atomic E-state index is -0.610. The van der Waals surface area contributed by atoms with Crippen molar-refractivity contribution < 1.29 is 14.4 Å². The first-order chi connectivity index (χ1) is 6.16. The first kappa shape index (κ1) is 10.1. The summed E-state index contributed by atoms with van der Waals surface area (Å²) in [7, 11) is 0. The maximum atomic E-state index is 11.4. The van der Waals surface area contributed by atoms with Crippen molar-refractivity contribution in [3.05, 3.63) is 0 Å². The van der Waals surface area contributed by atoms with Crippen LogP contribution in [-0.2, 0) is 14.4 Å². The number of ketones is 3. The number of carbonyl (C=O) groups excluding carboxylic acids is 3. The van der Waals surface area contributed by atoms with E-state index in [-0.39, 0.29) is 12.2 Å². The number of rotatable bonds is 3. The van der Waals surface area contributed by atoms with Crippen LogP contribution < -0.4 is 0 Å². The van der Waals surface area contributed by atoms with Crippen molar-refractivity contribution in [2.45, 2.75) is 39.0 Å². The fourth-order valence-electron chi connectivity index (χ4n) is 1.63. The molecule has 0 N–H and O–H groups in total. The second kappa shape index (κ2) is 4.30. The Morgan fingerprint density at radius 1 is 1.38 bits per heavy atom. The Balaban J connectivity index is 2.64. The van der Waals surface area contributed by atoms with Crippen LogP contribution in [0.1, 0.15) is 39.0 Å². The van der Waals surface area contributed by atoms with Crippen LogP contribution in [0.4, 0.5) is 0 Å². The van der Waals surface area contributed by atoms with Crippen LogP contribution in [-0.4, -0.2) is 17.3 Å². The average molecular weight is 182 g/mol. The van der Waals surface area contributed by atoms with Gasteiger partial charge in [0.05, 0.1) is 5.92 Å². The Bertz CT molecular complexity index is 243. The normalized spacial score (nSPS) is 22.8. The van der Waals surface area contributed by atoms with Gasteiger partial charge in [0.2, 0.25) is 5.78 Å². The Kier molecular flexibility index (Phi) is 3.34. The number of carbonyl (C=O) groups is 3. The summed E-state index contributed by atoms with van der Waals surface area (Å²) in [6.45, 7) is 1.65. The van der Waals surface area contributed by atoms with Crippen LogP contribution in [0.15, 0.2) is 0 Å². The molecular weight excluding hydrogens is 168 g/mol. The zero-order valence-electron chi connectivity index (χ0n) is 7.84. The standard InChI is InChI=1S/C10H14O3/c1-2-8(11)10(13)7-5-3-4-6-9(7)12/h7H,2-6H2,1H3. The molecule has 1 fully saturated rings. The second-order valence-corrected chi connectivity index (χ2v) is 3.41. The van der Waals surface area contributed by atoms with Crippen LogP contribution in [0.5, 0.6) is 0 Å². The van der Waals surface area contributed by atoms with Gasteiger partial charge in [-0.1, -0.05) is 13.3 Å². The van der Waals surface area contributed by atoms with Crippen molar-refractivity contribution in [1.82, 2.24) is 0 Å². The molecule has 0 heterocycles. The smallest absolute Gasteiger partial charge is 0.208 e. The number of Topliss-reactive ketones (excluding diaryl/α,β-unsaturated/α-hetero) is 3. The Morgan fingerprint density at radius 3 is 2.62 bits per heavy atom. The first-order valence-corrected chi connectivity index (χ1v) is 4.76. The number of hydrogen-bond acceptors (Lipinski definition) is 3. The van der Waals surface area contributed by atoms with E-state index < -0.39 is 17.5 Å². The quantitative estimate of drug-likeness (QED) is 0.488. The molecule has 72 valence electrons. The van der Waals surface area contributed by atoms with Gasteiger partial charge in [-0.15, -0.1) is 0 Å². The zero-order valence-corrected chi connectivity index (χ0v) is 7.84. The van der Waals surface area contributed by atoms with Gasteiger partial charge < -0.3 is 0 Å². The monoisotopic (exact) mass is 182 g/mol. The molecule has 0 amide bonds. The van der Waals surface area contributed by atoms with E-state index in [2.05, 4.69) is 0 Å². The van der Waals surface area contributed by atoms with Crippen molar-refractivity contribution in [2.24, 2.45) is 5.92 Å². The summed E-state index contributed by atoms with van der Waals surface area (Å²) >= 11 is 0. The van der Waals surface area contributed by atoms with E-state index in [4.69, 9.17) is 0 Å². The fraction of sp³-hybridized carbons (Fsp3) is 0.700. The van der Waals surface area contributed by atoms with Gasteiger partial charge in [-0.3, -0.25) is 14.4 Å². The fourth-order valence-corrected chi connectivity index (χ4v) is 1.63. The minimum absolute atomic E-state index is 0.0435. The molecule has 3 nitrogen and oxygen atoms in total. The van der Waals surface area contributed by atoms with Gasteiger partial charge in [0, 0.05) is 12.8 Å². The minimum Gasteiger partial charge on any atom is -0.299 e. The summed E-state index contributed by atoms with van der Waals surface area (Å²) in [5, 5.41) is 0. The lowest BCUT2D eigenvalue weighted by Crippen LogP contribution is -2.32. The van der Waals surface area contributed by atoms with E-state index in [1.807, 2.05) is 0 Å². The predicted molar refractivity (Wildman–Crippen MR) is 47.3 cm³/mol. The van der Waals surface area contributed by atoms with Gasteiger partial charge in [-0.05, 0) is 12.8 Å². The molecule has 0 aliphatic heterocycles. The molecule has 0 aromatic heterocycles. The van der Waals surface area contributed by atoms with E-state index in [0.29, 0.717) is 12.8 Å². The van der Waals surface area contributed by atoms with Crippen molar-refractivity contribution in [3.8, 4) is 0 Å². The van der Waals surface area contributed by atoms with E-state index in [9.17, 15) is 14.4 Å². The van der Waals surface area contributed by atoms with E-state index in [0.717, 1.165) is 12.8 Å². The zero-order chi connectivity index (χ0) is 9.84. The molecule has 0 aromatic carbocycles. The van der Waals surface area contributed by atoms with Gasteiger partial charge in [-0.25, -0.2) is 0 Å². The summed E-state index contributed by atoms with van der Waals surface area (Å²) in [5.41, 5.74) is 0. The van der Waals surface area contributed by atoms with Crippen LogP contribution in [0.2, 0.25) is 0 Å². The molecule has 3 heteroatoms. The third-order valence-corrected chi connectivity index (χ3v) is 2.47. The van der Waals surface area contributed by atoms with E-state index in [1.54, 1.807) is 6.92 Å². The van der Waals surface area contributed by atoms with Gasteiger partial charge >= 0.3 is 0 Å². The summed E-state index contributed by atoms with van der Waals surface area (Å²) < 4.78 is 0. The summed E-state index contributed by atoms with van der Waals surface area (Å²) in [6, 6.07) is 0. The molecule has 0 radical (unpaired) electrons. The topological polar surface area (TPSA) is 51.2 Å². The van der Waals surface area contributed by atoms with Gasteiger partial charge in [0.25, 0.3) is 0 Å². The lowest BCUT2D eigenvalue weighted by molar-refractivity contribution is -0.143. The molecule has 0 spiro atoms. The highest BCUT2D eigenvalue weighted by Crippen LogP contribution is 2.21. The van der Waals surface area contributed by atoms with Crippen molar-refractivity contribution in [3.63, 3.8) is 0 Å². The molecule has 13 heavy (non-hydrogen) atoms. The third kappa shape index (κ3) is 2.23. The summed E-state index contributed by atoms with van der Waals surface area (Å²) in [4.78, 5) is 33.7. The summed E-state index contributed by atoms with van der Waals surface area (Å²) in [5.74, 6) is -1.52. The molecule has 1 aliphatic carbocycles. The second-order valence-electron chi connectivity index (χ2n) is 3.41. The molecule has 0 aromatic rings.